The first-order chi connectivity index (χ1) is 10.4. The Kier molecular flexibility index (Phi) is 4.27. The molecule has 22 heavy (non-hydrogen) atoms. The van der Waals surface area contributed by atoms with E-state index < -0.39 is 10.0 Å². The lowest BCUT2D eigenvalue weighted by Crippen LogP contribution is -2.43. The van der Waals surface area contributed by atoms with Crippen LogP contribution in [-0.4, -0.2) is 44.8 Å². The first-order valence-electron chi connectivity index (χ1n) is 7.68. The summed E-state index contributed by atoms with van der Waals surface area (Å²) in [4.78, 5) is 0. The molecule has 2 aliphatic rings. The molecule has 1 aromatic carbocycles. The molecule has 2 heterocycles. The second-order valence-electron chi connectivity index (χ2n) is 6.63. The summed E-state index contributed by atoms with van der Waals surface area (Å²) in [5, 5.41) is 0. The van der Waals surface area contributed by atoms with Crippen molar-refractivity contribution < 1.29 is 17.5 Å². The maximum absolute atomic E-state index is 13.2. The third-order valence-electron chi connectivity index (χ3n) is 4.89. The third kappa shape index (κ3) is 3.50. The van der Waals surface area contributed by atoms with Crippen molar-refractivity contribution in [3.8, 4) is 0 Å². The van der Waals surface area contributed by atoms with E-state index in [0.29, 0.717) is 19.7 Å². The number of benzene rings is 1. The van der Waals surface area contributed by atoms with Gasteiger partial charge in [0.05, 0.1) is 19.0 Å². The highest BCUT2D eigenvalue weighted by atomic mass is 32.2. The van der Waals surface area contributed by atoms with Crippen LogP contribution in [0.5, 0.6) is 0 Å². The van der Waals surface area contributed by atoms with Gasteiger partial charge in [-0.25, -0.2) is 17.1 Å². The van der Waals surface area contributed by atoms with Crippen molar-refractivity contribution in [2.75, 3.05) is 26.0 Å². The van der Waals surface area contributed by atoms with Crippen molar-refractivity contribution in [3.05, 3.63) is 35.6 Å². The van der Waals surface area contributed by atoms with Gasteiger partial charge >= 0.3 is 0 Å². The van der Waals surface area contributed by atoms with Crippen molar-refractivity contribution in [2.45, 2.75) is 31.8 Å². The zero-order chi connectivity index (χ0) is 15.8. The van der Waals surface area contributed by atoms with Gasteiger partial charge in [0.15, 0.2) is 0 Å². The minimum atomic E-state index is -3.09. The normalized spacial score (nSPS) is 25.6. The van der Waals surface area contributed by atoms with Crippen LogP contribution in [0.15, 0.2) is 24.3 Å². The van der Waals surface area contributed by atoms with E-state index in [4.69, 9.17) is 4.74 Å². The summed E-state index contributed by atoms with van der Waals surface area (Å²) in [6.45, 7) is 1.84. The molecule has 3 rings (SSSR count). The van der Waals surface area contributed by atoms with E-state index >= 15 is 0 Å². The summed E-state index contributed by atoms with van der Waals surface area (Å²) in [5.41, 5.74) is 1.05. The van der Waals surface area contributed by atoms with Crippen LogP contribution in [-0.2, 0) is 21.2 Å². The molecule has 2 aliphatic heterocycles. The molecule has 1 aromatic rings. The molecule has 0 aliphatic carbocycles. The lowest BCUT2D eigenvalue weighted by Gasteiger charge is -2.37. The van der Waals surface area contributed by atoms with Crippen LogP contribution in [0.25, 0.3) is 0 Å². The van der Waals surface area contributed by atoms with Gasteiger partial charge in [-0.05, 0) is 48.8 Å². The smallest absolute Gasteiger partial charge is 0.211 e. The Hall–Kier alpha value is -0.980. The maximum atomic E-state index is 13.2. The van der Waals surface area contributed by atoms with Crippen molar-refractivity contribution in [1.82, 2.24) is 4.31 Å². The molecule has 0 radical (unpaired) electrons. The maximum Gasteiger partial charge on any atom is 0.211 e. The fourth-order valence-electron chi connectivity index (χ4n) is 3.59. The second kappa shape index (κ2) is 5.91. The second-order valence-corrected chi connectivity index (χ2v) is 8.62. The number of piperidine rings is 1. The summed E-state index contributed by atoms with van der Waals surface area (Å²) < 4.78 is 43.9. The highest BCUT2D eigenvalue weighted by molar-refractivity contribution is 7.88. The van der Waals surface area contributed by atoms with Gasteiger partial charge in [0.1, 0.15) is 5.82 Å². The van der Waals surface area contributed by atoms with Crippen LogP contribution in [0.4, 0.5) is 4.39 Å². The summed E-state index contributed by atoms with van der Waals surface area (Å²) in [6, 6.07) is 6.64. The molecule has 1 atom stereocenters. The van der Waals surface area contributed by atoms with Gasteiger partial charge in [0, 0.05) is 13.1 Å². The summed E-state index contributed by atoms with van der Waals surface area (Å²) in [5.74, 6) is -0.216. The Morgan fingerprint density at radius 2 is 2.09 bits per heavy atom. The summed E-state index contributed by atoms with van der Waals surface area (Å²) in [6.07, 6.45) is 4.71. The molecule has 1 spiro atoms. The number of ether oxygens (including phenoxy) is 1. The molecule has 2 saturated heterocycles. The van der Waals surface area contributed by atoms with Crippen LogP contribution in [0, 0.1) is 11.2 Å². The monoisotopic (exact) mass is 327 g/mol. The Labute approximate surface area is 131 Å². The van der Waals surface area contributed by atoms with Gasteiger partial charge in [-0.2, -0.15) is 0 Å². The standard InChI is InChI=1S/C16H22FNO3S/c1-22(19,20)18-7-5-16(6-8-18)11-15(21-12-16)10-13-3-2-4-14(17)9-13/h2-4,9,15H,5-8,10-12H2,1H3. The largest absolute Gasteiger partial charge is 0.377 e. The molecule has 0 saturated carbocycles. The van der Waals surface area contributed by atoms with Gasteiger partial charge < -0.3 is 4.74 Å². The van der Waals surface area contributed by atoms with Crippen molar-refractivity contribution >= 4 is 10.0 Å². The predicted molar refractivity (Wildman–Crippen MR) is 82.5 cm³/mol. The van der Waals surface area contributed by atoms with Gasteiger partial charge in [0.25, 0.3) is 0 Å². The molecule has 0 aromatic heterocycles. The SMILES string of the molecule is CS(=O)(=O)N1CCC2(CC1)COC(Cc1cccc(F)c1)C2. The molecule has 0 bridgehead atoms. The van der Waals surface area contributed by atoms with Crippen molar-refractivity contribution in [2.24, 2.45) is 5.41 Å². The lowest BCUT2D eigenvalue weighted by atomic mass is 9.76. The Bertz CT molecular complexity index is 639. The topological polar surface area (TPSA) is 46.6 Å². The minimum Gasteiger partial charge on any atom is -0.377 e. The van der Waals surface area contributed by atoms with Crippen LogP contribution >= 0.6 is 0 Å². The molecule has 0 amide bonds. The molecule has 4 nitrogen and oxygen atoms in total. The minimum absolute atomic E-state index is 0.0964. The third-order valence-corrected chi connectivity index (χ3v) is 6.19. The van der Waals surface area contributed by atoms with Crippen LogP contribution < -0.4 is 0 Å². The van der Waals surface area contributed by atoms with Gasteiger partial charge in [-0.1, -0.05) is 12.1 Å². The average molecular weight is 327 g/mol. The Morgan fingerprint density at radius 3 is 2.73 bits per heavy atom. The van der Waals surface area contributed by atoms with E-state index in [0.717, 1.165) is 31.2 Å². The zero-order valence-corrected chi connectivity index (χ0v) is 13.6. The highest BCUT2D eigenvalue weighted by Gasteiger charge is 2.43. The molecule has 0 N–H and O–H groups in total. The fraction of sp³-hybridized carbons (Fsp3) is 0.625. The van der Waals surface area contributed by atoms with Crippen LogP contribution in [0.2, 0.25) is 0 Å². The number of rotatable bonds is 3. The molecule has 122 valence electrons. The van der Waals surface area contributed by atoms with E-state index in [1.54, 1.807) is 16.4 Å². The van der Waals surface area contributed by atoms with E-state index in [-0.39, 0.29) is 17.3 Å². The first kappa shape index (κ1) is 15.9. The highest BCUT2D eigenvalue weighted by Crippen LogP contribution is 2.43. The van der Waals surface area contributed by atoms with Gasteiger partial charge in [0.2, 0.25) is 10.0 Å². The molecule has 1 unspecified atom stereocenters. The molecule has 6 heteroatoms. The van der Waals surface area contributed by atoms with Crippen molar-refractivity contribution in [3.63, 3.8) is 0 Å². The van der Waals surface area contributed by atoms with Crippen LogP contribution in [0.3, 0.4) is 0 Å². The number of sulfonamides is 1. The quantitative estimate of drug-likeness (QED) is 0.855. The zero-order valence-electron chi connectivity index (χ0n) is 12.8. The summed E-state index contributed by atoms with van der Waals surface area (Å²) in [7, 11) is -3.09. The predicted octanol–water partition coefficient (Wildman–Crippen LogP) is 2.20. The summed E-state index contributed by atoms with van der Waals surface area (Å²) >= 11 is 0. The van der Waals surface area contributed by atoms with Gasteiger partial charge in [-0.15, -0.1) is 0 Å². The van der Waals surface area contributed by atoms with E-state index in [1.165, 1.54) is 12.3 Å². The van der Waals surface area contributed by atoms with Crippen LogP contribution in [0.1, 0.15) is 24.8 Å². The van der Waals surface area contributed by atoms with Crippen molar-refractivity contribution in [1.29, 1.82) is 0 Å². The number of hydrogen-bond donors (Lipinski definition) is 0. The van der Waals surface area contributed by atoms with Gasteiger partial charge in [-0.3, -0.25) is 0 Å². The number of halogens is 1. The molecule has 2 fully saturated rings. The Balaban J connectivity index is 1.59. The fourth-order valence-corrected chi connectivity index (χ4v) is 4.44. The lowest BCUT2D eigenvalue weighted by molar-refractivity contribution is 0.0793. The number of hydrogen-bond acceptors (Lipinski definition) is 3. The molecular formula is C16H22FNO3S. The van der Waals surface area contributed by atoms with E-state index in [9.17, 15) is 12.8 Å². The Morgan fingerprint density at radius 1 is 1.36 bits per heavy atom. The molecular weight excluding hydrogens is 305 g/mol. The first-order valence-corrected chi connectivity index (χ1v) is 9.52. The van der Waals surface area contributed by atoms with E-state index in [2.05, 4.69) is 0 Å². The number of nitrogens with zero attached hydrogens (tertiary/aromatic N) is 1. The average Bonchev–Trinajstić information content (AvgIpc) is 2.81. The van der Waals surface area contributed by atoms with E-state index in [1.807, 2.05) is 6.07 Å².